The van der Waals surface area contributed by atoms with Crippen LogP contribution in [0.1, 0.15) is 38.8 Å². The Labute approximate surface area is 115 Å². The van der Waals surface area contributed by atoms with Gasteiger partial charge in [-0.1, -0.05) is 13.0 Å². The molecule has 0 spiro atoms. The lowest BCUT2D eigenvalue weighted by molar-refractivity contribution is 0.243. The summed E-state index contributed by atoms with van der Waals surface area (Å²) in [6.07, 6.45) is 1.03. The molecule has 0 saturated heterocycles. The van der Waals surface area contributed by atoms with Crippen LogP contribution >= 0.6 is 0 Å². The quantitative estimate of drug-likeness (QED) is 0.722. The van der Waals surface area contributed by atoms with E-state index in [1.54, 1.807) is 0 Å². The number of aliphatic hydroxyl groups excluding tert-OH is 1. The molecule has 1 aromatic carbocycles. The molecule has 108 valence electrons. The summed E-state index contributed by atoms with van der Waals surface area (Å²) in [7, 11) is 0. The van der Waals surface area contributed by atoms with Gasteiger partial charge in [0.2, 0.25) is 0 Å². The Morgan fingerprint density at radius 2 is 1.79 bits per heavy atom. The average Bonchev–Trinajstić information content (AvgIpc) is 2.43. The van der Waals surface area contributed by atoms with Crippen LogP contribution in [0.4, 0.5) is 0 Å². The van der Waals surface area contributed by atoms with E-state index in [0.29, 0.717) is 13.2 Å². The minimum atomic E-state index is -0.0603. The van der Waals surface area contributed by atoms with Crippen molar-refractivity contribution in [3.8, 4) is 11.5 Å². The first-order valence-corrected chi connectivity index (χ1v) is 7.00. The third-order valence-electron chi connectivity index (χ3n) is 2.79. The second-order valence-electron chi connectivity index (χ2n) is 4.26. The van der Waals surface area contributed by atoms with E-state index in [2.05, 4.69) is 12.2 Å². The molecule has 19 heavy (non-hydrogen) atoms. The number of benzene rings is 1. The summed E-state index contributed by atoms with van der Waals surface area (Å²) in [5, 5.41) is 12.8. The normalized spacial score (nSPS) is 12.2. The molecule has 0 aliphatic heterocycles. The van der Waals surface area contributed by atoms with Gasteiger partial charge in [0.25, 0.3) is 0 Å². The molecule has 2 N–H and O–H groups in total. The Hall–Kier alpha value is -1.26. The van der Waals surface area contributed by atoms with Crippen LogP contribution in [0.25, 0.3) is 0 Å². The predicted octanol–water partition coefficient (Wildman–Crippen LogP) is 2.52. The second kappa shape index (κ2) is 8.77. The molecule has 0 aliphatic carbocycles. The van der Waals surface area contributed by atoms with Crippen molar-refractivity contribution in [3.63, 3.8) is 0 Å². The van der Waals surface area contributed by atoms with Crippen LogP contribution in [0.15, 0.2) is 18.2 Å². The summed E-state index contributed by atoms with van der Waals surface area (Å²) in [6.45, 7) is 8.14. The van der Waals surface area contributed by atoms with Gasteiger partial charge in [0.15, 0.2) is 11.5 Å². The molecule has 0 radical (unpaired) electrons. The van der Waals surface area contributed by atoms with E-state index >= 15 is 0 Å². The van der Waals surface area contributed by atoms with E-state index < -0.39 is 0 Å². The Morgan fingerprint density at radius 3 is 2.37 bits per heavy atom. The van der Waals surface area contributed by atoms with Gasteiger partial charge < -0.3 is 19.9 Å². The van der Waals surface area contributed by atoms with Gasteiger partial charge in [-0.05, 0) is 44.5 Å². The van der Waals surface area contributed by atoms with Gasteiger partial charge >= 0.3 is 0 Å². The highest BCUT2D eigenvalue weighted by atomic mass is 16.5. The lowest BCUT2D eigenvalue weighted by Crippen LogP contribution is -2.25. The molecule has 1 aromatic rings. The molecule has 4 nitrogen and oxygen atoms in total. The minimum absolute atomic E-state index is 0.0603. The lowest BCUT2D eigenvalue weighted by atomic mass is 10.1. The van der Waals surface area contributed by atoms with Gasteiger partial charge in [-0.25, -0.2) is 0 Å². The van der Waals surface area contributed by atoms with Gasteiger partial charge in [-0.15, -0.1) is 0 Å². The van der Waals surface area contributed by atoms with Crippen LogP contribution < -0.4 is 14.8 Å². The smallest absolute Gasteiger partial charge is 0.161 e. The van der Waals surface area contributed by atoms with Crippen molar-refractivity contribution in [2.75, 3.05) is 26.4 Å². The number of hydrogen-bond acceptors (Lipinski definition) is 4. The first-order chi connectivity index (χ1) is 9.26. The van der Waals surface area contributed by atoms with Gasteiger partial charge in [-0.2, -0.15) is 0 Å². The van der Waals surface area contributed by atoms with Gasteiger partial charge in [0, 0.05) is 0 Å². The van der Waals surface area contributed by atoms with E-state index in [9.17, 15) is 5.11 Å². The van der Waals surface area contributed by atoms with Gasteiger partial charge in [0.1, 0.15) is 0 Å². The Bertz CT molecular complexity index is 368. The molecule has 4 heteroatoms. The summed E-state index contributed by atoms with van der Waals surface area (Å²) in [5.74, 6) is 1.49. The molecule has 0 bridgehead atoms. The van der Waals surface area contributed by atoms with E-state index in [0.717, 1.165) is 30.0 Å². The molecule has 1 unspecified atom stereocenters. The summed E-state index contributed by atoms with van der Waals surface area (Å²) >= 11 is 0. The number of hydrogen-bond donors (Lipinski definition) is 2. The van der Waals surface area contributed by atoms with Crippen LogP contribution in [0.5, 0.6) is 11.5 Å². The van der Waals surface area contributed by atoms with Crippen molar-refractivity contribution >= 4 is 0 Å². The summed E-state index contributed by atoms with van der Waals surface area (Å²) in [6, 6.07) is 5.75. The fourth-order valence-corrected chi connectivity index (χ4v) is 1.89. The molecule has 0 aromatic heterocycles. The number of aliphatic hydroxyl groups is 1. The highest BCUT2D eigenvalue weighted by Crippen LogP contribution is 2.30. The van der Waals surface area contributed by atoms with E-state index in [-0.39, 0.29) is 12.6 Å². The second-order valence-corrected chi connectivity index (χ2v) is 4.26. The molecule has 1 atom stereocenters. The van der Waals surface area contributed by atoms with Gasteiger partial charge in [0.05, 0.1) is 25.9 Å². The Kier molecular flexibility index (Phi) is 7.30. The van der Waals surface area contributed by atoms with Crippen LogP contribution in [0, 0.1) is 0 Å². The summed E-state index contributed by atoms with van der Waals surface area (Å²) in [4.78, 5) is 0. The molecule has 0 aliphatic rings. The molecule has 0 amide bonds. The zero-order valence-corrected chi connectivity index (χ0v) is 12.1. The molecule has 0 saturated carbocycles. The van der Waals surface area contributed by atoms with Crippen LogP contribution in [-0.2, 0) is 0 Å². The van der Waals surface area contributed by atoms with Crippen molar-refractivity contribution < 1.29 is 14.6 Å². The highest BCUT2D eigenvalue weighted by Gasteiger charge is 2.13. The fourth-order valence-electron chi connectivity index (χ4n) is 1.89. The maximum atomic E-state index is 9.46. The van der Waals surface area contributed by atoms with Crippen molar-refractivity contribution in [2.24, 2.45) is 0 Å². The number of rotatable bonds is 9. The van der Waals surface area contributed by atoms with Crippen LogP contribution in [0.3, 0.4) is 0 Å². The number of nitrogens with one attached hydrogen (secondary N) is 1. The first-order valence-electron chi connectivity index (χ1n) is 7.00. The van der Waals surface area contributed by atoms with Crippen molar-refractivity contribution in [1.82, 2.24) is 5.32 Å². The zero-order valence-electron chi connectivity index (χ0n) is 12.1. The van der Waals surface area contributed by atoms with Crippen LogP contribution in [0.2, 0.25) is 0 Å². The fraction of sp³-hybridized carbons (Fsp3) is 0.600. The van der Waals surface area contributed by atoms with E-state index in [4.69, 9.17) is 9.47 Å². The molecule has 0 heterocycles. The molecular weight excluding hydrogens is 242 g/mol. The van der Waals surface area contributed by atoms with Crippen molar-refractivity contribution in [1.29, 1.82) is 0 Å². The predicted molar refractivity (Wildman–Crippen MR) is 76.9 cm³/mol. The first kappa shape index (κ1) is 15.8. The Morgan fingerprint density at radius 1 is 1.11 bits per heavy atom. The summed E-state index contributed by atoms with van der Waals surface area (Å²) in [5.41, 5.74) is 1.02. The van der Waals surface area contributed by atoms with Gasteiger partial charge in [-0.3, -0.25) is 0 Å². The molecular formula is C15H25NO3. The van der Waals surface area contributed by atoms with Crippen LogP contribution in [-0.4, -0.2) is 31.5 Å². The highest BCUT2D eigenvalue weighted by molar-refractivity contribution is 5.44. The third kappa shape index (κ3) is 4.73. The van der Waals surface area contributed by atoms with E-state index in [1.807, 2.05) is 32.0 Å². The van der Waals surface area contributed by atoms with Crippen molar-refractivity contribution in [3.05, 3.63) is 23.8 Å². The molecule has 0 fully saturated rings. The monoisotopic (exact) mass is 267 g/mol. The zero-order chi connectivity index (χ0) is 14.1. The van der Waals surface area contributed by atoms with Crippen molar-refractivity contribution in [2.45, 2.75) is 33.2 Å². The SMILES string of the molecule is CCCNC(CO)c1ccc(OCC)c(OCC)c1. The largest absolute Gasteiger partial charge is 0.490 e. The maximum absolute atomic E-state index is 9.46. The minimum Gasteiger partial charge on any atom is -0.490 e. The maximum Gasteiger partial charge on any atom is 0.161 e. The Balaban J connectivity index is 2.91. The molecule has 1 rings (SSSR count). The summed E-state index contributed by atoms with van der Waals surface area (Å²) < 4.78 is 11.1. The lowest BCUT2D eigenvalue weighted by Gasteiger charge is -2.18. The standard InChI is InChI=1S/C15H25NO3/c1-4-9-16-13(11-17)12-7-8-14(18-5-2)15(10-12)19-6-3/h7-8,10,13,16-17H,4-6,9,11H2,1-3H3. The third-order valence-corrected chi connectivity index (χ3v) is 2.79. The topological polar surface area (TPSA) is 50.7 Å². The van der Waals surface area contributed by atoms with E-state index in [1.165, 1.54) is 0 Å². The average molecular weight is 267 g/mol. The number of ether oxygens (including phenoxy) is 2.